The van der Waals surface area contributed by atoms with Crippen molar-refractivity contribution in [2.75, 3.05) is 0 Å². The highest BCUT2D eigenvalue weighted by molar-refractivity contribution is 6.83. The van der Waals surface area contributed by atoms with Crippen molar-refractivity contribution in [1.82, 2.24) is 9.78 Å². The maximum atomic E-state index is 4.32. The Balaban J connectivity index is 2.54. The van der Waals surface area contributed by atoms with Crippen molar-refractivity contribution in [3.05, 3.63) is 18.0 Å². The highest BCUT2D eigenvalue weighted by atomic mass is 28.3. The van der Waals surface area contributed by atoms with Gasteiger partial charge in [-0.15, -0.1) is 5.54 Å². The molecule has 0 aliphatic rings. The molecule has 1 aromatic rings. The van der Waals surface area contributed by atoms with Crippen LogP contribution in [0.3, 0.4) is 0 Å². The lowest BCUT2D eigenvalue weighted by atomic mass is 10.2. The van der Waals surface area contributed by atoms with Gasteiger partial charge in [-0.25, -0.2) is 0 Å². The van der Waals surface area contributed by atoms with Gasteiger partial charge in [0.25, 0.3) is 0 Å². The summed E-state index contributed by atoms with van der Waals surface area (Å²) < 4.78 is 2.00. The number of rotatable bonds is 4. The zero-order chi connectivity index (χ0) is 12.0. The quantitative estimate of drug-likeness (QED) is 0.444. The minimum atomic E-state index is -1.26. The van der Waals surface area contributed by atoms with Crippen LogP contribution in [0.5, 0.6) is 0 Å². The molecule has 0 N–H and O–H groups in total. The van der Waals surface area contributed by atoms with Crippen LogP contribution < -0.4 is 0 Å². The van der Waals surface area contributed by atoms with Crippen molar-refractivity contribution in [2.45, 2.75) is 52.4 Å². The lowest BCUT2D eigenvalue weighted by Crippen LogP contribution is -2.16. The standard InChI is InChI=1S/C13H22N2Si/c1-5-6-7-9-15-12-13(11-14-15)8-10-16(2,3)4/h11-12H,5-7,9H2,1-4H3. The molecule has 1 heterocycles. The van der Waals surface area contributed by atoms with Crippen LogP contribution in [0.15, 0.2) is 12.4 Å². The Morgan fingerprint density at radius 3 is 2.69 bits per heavy atom. The smallest absolute Gasteiger partial charge is 0.129 e. The molecule has 1 rings (SSSR count). The first-order valence-corrected chi connectivity index (χ1v) is 9.57. The van der Waals surface area contributed by atoms with Crippen molar-refractivity contribution >= 4 is 8.07 Å². The summed E-state index contributed by atoms with van der Waals surface area (Å²) in [4.78, 5) is 0. The molecule has 16 heavy (non-hydrogen) atoms. The molecule has 2 nitrogen and oxygen atoms in total. The maximum absolute atomic E-state index is 4.32. The first-order valence-electron chi connectivity index (χ1n) is 6.07. The Morgan fingerprint density at radius 2 is 2.06 bits per heavy atom. The van der Waals surface area contributed by atoms with E-state index in [0.29, 0.717) is 0 Å². The van der Waals surface area contributed by atoms with Gasteiger partial charge in [0.05, 0.1) is 11.8 Å². The van der Waals surface area contributed by atoms with Gasteiger partial charge >= 0.3 is 0 Å². The summed E-state index contributed by atoms with van der Waals surface area (Å²) >= 11 is 0. The number of aromatic nitrogens is 2. The number of hydrogen-bond acceptors (Lipinski definition) is 1. The van der Waals surface area contributed by atoms with E-state index in [1.54, 1.807) is 0 Å². The zero-order valence-corrected chi connectivity index (χ0v) is 11.9. The zero-order valence-electron chi connectivity index (χ0n) is 10.9. The van der Waals surface area contributed by atoms with Crippen LogP contribution >= 0.6 is 0 Å². The molecule has 0 aliphatic heterocycles. The fourth-order valence-electron chi connectivity index (χ4n) is 1.33. The molecule has 0 spiro atoms. The number of unbranched alkanes of at least 4 members (excludes halogenated alkanes) is 2. The first-order chi connectivity index (χ1) is 7.51. The molecule has 88 valence electrons. The van der Waals surface area contributed by atoms with E-state index in [2.05, 4.69) is 49.3 Å². The molecule has 0 saturated carbocycles. The summed E-state index contributed by atoms with van der Waals surface area (Å²) in [7, 11) is -1.26. The maximum Gasteiger partial charge on any atom is 0.129 e. The second kappa shape index (κ2) is 5.91. The van der Waals surface area contributed by atoms with E-state index in [1.807, 2.05) is 10.9 Å². The first kappa shape index (κ1) is 13.1. The molecule has 0 saturated heterocycles. The van der Waals surface area contributed by atoms with Crippen molar-refractivity contribution in [2.24, 2.45) is 0 Å². The highest BCUT2D eigenvalue weighted by Gasteiger charge is 2.07. The molecule has 1 aromatic heterocycles. The van der Waals surface area contributed by atoms with Gasteiger partial charge in [0, 0.05) is 12.7 Å². The van der Waals surface area contributed by atoms with Gasteiger partial charge in [-0.3, -0.25) is 4.68 Å². The third-order valence-electron chi connectivity index (χ3n) is 2.21. The van der Waals surface area contributed by atoms with Crippen molar-refractivity contribution in [3.8, 4) is 11.5 Å². The monoisotopic (exact) mass is 234 g/mol. The van der Waals surface area contributed by atoms with Gasteiger partial charge in [0.2, 0.25) is 0 Å². The predicted molar refractivity (Wildman–Crippen MR) is 72.0 cm³/mol. The van der Waals surface area contributed by atoms with Gasteiger partial charge in [0.1, 0.15) is 8.07 Å². The van der Waals surface area contributed by atoms with Crippen LogP contribution in [-0.2, 0) is 6.54 Å². The molecular weight excluding hydrogens is 212 g/mol. The van der Waals surface area contributed by atoms with Crippen LogP contribution in [0.25, 0.3) is 0 Å². The fraction of sp³-hybridized carbons (Fsp3) is 0.615. The minimum absolute atomic E-state index is 1.02. The number of aryl methyl sites for hydroxylation is 1. The van der Waals surface area contributed by atoms with Crippen LogP contribution in [0.4, 0.5) is 0 Å². The topological polar surface area (TPSA) is 17.8 Å². The average Bonchev–Trinajstić information content (AvgIpc) is 2.62. The molecule has 0 aliphatic carbocycles. The van der Waals surface area contributed by atoms with Crippen molar-refractivity contribution < 1.29 is 0 Å². The van der Waals surface area contributed by atoms with Crippen LogP contribution in [0.2, 0.25) is 19.6 Å². The summed E-state index contributed by atoms with van der Waals surface area (Å²) in [5.74, 6) is 3.22. The van der Waals surface area contributed by atoms with Gasteiger partial charge in [0.15, 0.2) is 0 Å². The third-order valence-corrected chi connectivity index (χ3v) is 3.08. The number of hydrogen-bond donors (Lipinski definition) is 0. The van der Waals surface area contributed by atoms with Crippen LogP contribution in [-0.4, -0.2) is 17.9 Å². The Hall–Kier alpha value is -1.01. The van der Waals surface area contributed by atoms with Gasteiger partial charge in [-0.1, -0.05) is 45.3 Å². The molecule has 3 heteroatoms. The summed E-state index contributed by atoms with van der Waals surface area (Å²) in [5, 5.41) is 4.32. The molecule has 0 amide bonds. The Kier molecular flexibility index (Phi) is 4.82. The SMILES string of the molecule is CCCCCn1cc(C#C[Si](C)(C)C)cn1. The summed E-state index contributed by atoms with van der Waals surface area (Å²) in [5.41, 5.74) is 4.41. The largest absolute Gasteiger partial charge is 0.271 e. The molecule has 0 radical (unpaired) electrons. The van der Waals surface area contributed by atoms with Crippen molar-refractivity contribution in [1.29, 1.82) is 0 Å². The Bertz CT molecular complexity index is 377. The summed E-state index contributed by atoms with van der Waals surface area (Å²) in [6, 6.07) is 0. The van der Waals surface area contributed by atoms with Gasteiger partial charge < -0.3 is 0 Å². The van der Waals surface area contributed by atoms with E-state index in [0.717, 1.165) is 12.1 Å². The van der Waals surface area contributed by atoms with Gasteiger partial charge in [-0.2, -0.15) is 5.10 Å². The Morgan fingerprint density at radius 1 is 1.31 bits per heavy atom. The van der Waals surface area contributed by atoms with E-state index >= 15 is 0 Å². The lowest BCUT2D eigenvalue weighted by Gasteiger charge is -2.02. The number of nitrogens with zero attached hydrogens (tertiary/aromatic N) is 2. The van der Waals surface area contributed by atoms with E-state index in [9.17, 15) is 0 Å². The van der Waals surface area contributed by atoms with E-state index < -0.39 is 8.07 Å². The molecule has 0 atom stereocenters. The second-order valence-electron chi connectivity index (χ2n) is 5.20. The predicted octanol–water partition coefficient (Wildman–Crippen LogP) is 3.30. The normalized spacial score (nSPS) is 11.0. The molecular formula is C13H22N2Si. The second-order valence-corrected chi connectivity index (χ2v) is 9.95. The summed E-state index contributed by atoms with van der Waals surface area (Å²) in [6.45, 7) is 10.00. The van der Waals surface area contributed by atoms with E-state index in [1.165, 1.54) is 19.3 Å². The summed E-state index contributed by atoms with van der Waals surface area (Å²) in [6.07, 6.45) is 7.67. The van der Waals surface area contributed by atoms with Crippen molar-refractivity contribution in [3.63, 3.8) is 0 Å². The van der Waals surface area contributed by atoms with Crippen LogP contribution in [0, 0.1) is 11.5 Å². The van der Waals surface area contributed by atoms with E-state index in [4.69, 9.17) is 0 Å². The lowest BCUT2D eigenvalue weighted by molar-refractivity contribution is 0.553. The Labute approximate surface area is 100 Å². The van der Waals surface area contributed by atoms with Gasteiger partial charge in [-0.05, 0) is 6.42 Å². The molecule has 0 bridgehead atoms. The minimum Gasteiger partial charge on any atom is -0.271 e. The average molecular weight is 234 g/mol. The van der Waals surface area contributed by atoms with Crippen LogP contribution in [0.1, 0.15) is 31.7 Å². The third kappa shape index (κ3) is 5.18. The van der Waals surface area contributed by atoms with E-state index in [-0.39, 0.29) is 0 Å². The molecule has 0 aromatic carbocycles. The highest BCUT2D eigenvalue weighted by Crippen LogP contribution is 2.02. The molecule has 0 unspecified atom stereocenters. The fourth-order valence-corrected chi connectivity index (χ4v) is 1.85. The molecule has 0 fully saturated rings.